The van der Waals surface area contributed by atoms with Crippen LogP contribution in [0.25, 0.3) is 0 Å². The number of likely N-dealkylation sites (tertiary alicyclic amines) is 1. The molecule has 5 nitrogen and oxygen atoms in total. The van der Waals surface area contributed by atoms with Gasteiger partial charge in [-0.05, 0) is 25.0 Å². The summed E-state index contributed by atoms with van der Waals surface area (Å²) < 4.78 is 5.20. The van der Waals surface area contributed by atoms with Crippen molar-refractivity contribution in [3.8, 4) is 5.75 Å². The minimum Gasteiger partial charge on any atom is -0.497 e. The molecule has 0 aliphatic carbocycles. The van der Waals surface area contributed by atoms with Gasteiger partial charge < -0.3 is 14.5 Å². The molecular formula is C15H18N2O3. The van der Waals surface area contributed by atoms with E-state index in [1.54, 1.807) is 7.11 Å². The van der Waals surface area contributed by atoms with Gasteiger partial charge in [-0.2, -0.15) is 0 Å². The van der Waals surface area contributed by atoms with E-state index in [9.17, 15) is 4.79 Å². The van der Waals surface area contributed by atoms with E-state index in [0.717, 1.165) is 43.0 Å². The molecule has 20 heavy (non-hydrogen) atoms. The number of oxime groups is 1. The Kier molecular flexibility index (Phi) is 3.58. The number of rotatable bonds is 3. The second-order valence-corrected chi connectivity index (χ2v) is 5.10. The van der Waals surface area contributed by atoms with E-state index in [0.29, 0.717) is 6.42 Å². The van der Waals surface area contributed by atoms with Crippen LogP contribution in [0.5, 0.6) is 5.75 Å². The van der Waals surface area contributed by atoms with Crippen molar-refractivity contribution in [1.29, 1.82) is 0 Å². The molecule has 1 saturated heterocycles. The highest BCUT2D eigenvalue weighted by molar-refractivity contribution is 6.04. The zero-order valence-electron chi connectivity index (χ0n) is 11.5. The summed E-state index contributed by atoms with van der Waals surface area (Å²) in [5.41, 5.74) is 1.75. The molecule has 2 aliphatic rings. The maximum atomic E-state index is 12.3. The molecule has 1 fully saturated rings. The monoisotopic (exact) mass is 274 g/mol. The number of carbonyl (C=O) groups excluding carboxylic acids is 1. The van der Waals surface area contributed by atoms with E-state index in [2.05, 4.69) is 5.16 Å². The zero-order valence-corrected chi connectivity index (χ0v) is 11.5. The minimum absolute atomic E-state index is 0.0594. The molecule has 0 saturated carbocycles. The van der Waals surface area contributed by atoms with Crippen LogP contribution in [0.4, 0.5) is 0 Å². The number of benzene rings is 1. The van der Waals surface area contributed by atoms with Gasteiger partial charge in [-0.1, -0.05) is 17.3 Å². The molecule has 0 aromatic heterocycles. The summed E-state index contributed by atoms with van der Waals surface area (Å²) >= 11 is 0. The highest BCUT2D eigenvalue weighted by Crippen LogP contribution is 2.22. The number of nitrogens with zero attached hydrogens (tertiary/aromatic N) is 2. The van der Waals surface area contributed by atoms with Gasteiger partial charge in [-0.3, -0.25) is 4.79 Å². The molecule has 0 radical (unpaired) electrons. The summed E-state index contributed by atoms with van der Waals surface area (Å²) in [6.07, 6.45) is 2.24. The van der Waals surface area contributed by atoms with Gasteiger partial charge in [0.1, 0.15) is 5.75 Å². The van der Waals surface area contributed by atoms with Crippen molar-refractivity contribution >= 4 is 11.6 Å². The smallest absolute Gasteiger partial charge is 0.266 e. The number of hydrogen-bond donors (Lipinski definition) is 0. The lowest BCUT2D eigenvalue weighted by atomic mass is 10.0. The van der Waals surface area contributed by atoms with Crippen LogP contribution >= 0.6 is 0 Å². The largest absolute Gasteiger partial charge is 0.497 e. The first kappa shape index (κ1) is 13.0. The van der Waals surface area contributed by atoms with Gasteiger partial charge in [0.25, 0.3) is 5.91 Å². The summed E-state index contributed by atoms with van der Waals surface area (Å²) in [5, 5.41) is 4.07. The molecule has 1 atom stereocenters. The fourth-order valence-corrected chi connectivity index (χ4v) is 2.62. The first-order chi connectivity index (χ1) is 9.78. The van der Waals surface area contributed by atoms with E-state index in [1.807, 2.05) is 29.2 Å². The number of ether oxygens (including phenoxy) is 1. The topological polar surface area (TPSA) is 51.1 Å². The molecular weight excluding hydrogens is 256 g/mol. The average molecular weight is 274 g/mol. The van der Waals surface area contributed by atoms with Crippen molar-refractivity contribution in [1.82, 2.24) is 4.90 Å². The van der Waals surface area contributed by atoms with Crippen LogP contribution in [-0.4, -0.2) is 42.8 Å². The molecule has 2 heterocycles. The Morgan fingerprint density at radius 1 is 1.40 bits per heavy atom. The molecule has 1 unspecified atom stereocenters. The molecule has 3 rings (SSSR count). The molecule has 1 amide bonds. The lowest BCUT2D eigenvalue weighted by Gasteiger charge is -2.18. The standard InChI is InChI=1S/C15H18N2O3/c1-19-12-6-4-5-11(9-12)13-10-14(20-16-13)15(18)17-7-2-3-8-17/h4-6,9,14H,2-3,7-8,10H2,1H3. The summed E-state index contributed by atoms with van der Waals surface area (Å²) in [7, 11) is 1.63. The Morgan fingerprint density at radius 2 is 2.20 bits per heavy atom. The fourth-order valence-electron chi connectivity index (χ4n) is 2.62. The second-order valence-electron chi connectivity index (χ2n) is 5.10. The second kappa shape index (κ2) is 5.53. The highest BCUT2D eigenvalue weighted by Gasteiger charge is 2.33. The van der Waals surface area contributed by atoms with Crippen LogP contribution < -0.4 is 4.74 Å². The van der Waals surface area contributed by atoms with Gasteiger partial charge >= 0.3 is 0 Å². The van der Waals surface area contributed by atoms with Gasteiger partial charge in [-0.15, -0.1) is 0 Å². The fraction of sp³-hybridized carbons (Fsp3) is 0.467. The van der Waals surface area contributed by atoms with E-state index >= 15 is 0 Å². The molecule has 0 N–H and O–H groups in total. The third kappa shape index (κ3) is 2.48. The lowest BCUT2D eigenvalue weighted by molar-refractivity contribution is -0.140. The summed E-state index contributed by atoms with van der Waals surface area (Å²) in [6, 6.07) is 7.65. The van der Waals surface area contributed by atoms with Crippen LogP contribution in [0.15, 0.2) is 29.4 Å². The Labute approximate surface area is 118 Å². The number of hydrogen-bond acceptors (Lipinski definition) is 4. The minimum atomic E-state index is -0.464. The molecule has 1 aromatic carbocycles. The molecule has 0 bridgehead atoms. The van der Waals surface area contributed by atoms with Gasteiger partial charge in [0.05, 0.1) is 12.8 Å². The van der Waals surface area contributed by atoms with Gasteiger partial charge in [0, 0.05) is 25.1 Å². The first-order valence-electron chi connectivity index (χ1n) is 6.94. The van der Waals surface area contributed by atoms with E-state index < -0.39 is 6.10 Å². The van der Waals surface area contributed by atoms with Crippen LogP contribution in [0.3, 0.4) is 0 Å². The van der Waals surface area contributed by atoms with E-state index in [-0.39, 0.29) is 5.91 Å². The number of methoxy groups -OCH3 is 1. The molecule has 0 spiro atoms. The van der Waals surface area contributed by atoms with Crippen molar-refractivity contribution in [2.24, 2.45) is 5.16 Å². The quantitative estimate of drug-likeness (QED) is 0.844. The normalized spacial score (nSPS) is 21.6. The van der Waals surface area contributed by atoms with Crippen LogP contribution in [0, 0.1) is 0 Å². The average Bonchev–Trinajstić information content (AvgIpc) is 3.18. The molecule has 2 aliphatic heterocycles. The summed E-state index contributed by atoms with van der Waals surface area (Å²) in [5.74, 6) is 0.837. The van der Waals surface area contributed by atoms with Crippen LogP contribution in [0.2, 0.25) is 0 Å². The molecule has 1 aromatic rings. The third-order valence-electron chi connectivity index (χ3n) is 3.77. The number of carbonyl (C=O) groups is 1. The van der Waals surface area contributed by atoms with Crippen molar-refractivity contribution in [2.45, 2.75) is 25.4 Å². The predicted octanol–water partition coefficient (Wildman–Crippen LogP) is 1.81. The molecule has 5 heteroatoms. The Balaban J connectivity index is 1.67. The zero-order chi connectivity index (χ0) is 13.9. The van der Waals surface area contributed by atoms with E-state index in [1.165, 1.54) is 0 Å². The Bertz CT molecular complexity index is 536. The van der Waals surface area contributed by atoms with Crippen molar-refractivity contribution in [3.05, 3.63) is 29.8 Å². The van der Waals surface area contributed by atoms with Gasteiger partial charge in [-0.25, -0.2) is 0 Å². The number of amides is 1. The molecule has 106 valence electrons. The third-order valence-corrected chi connectivity index (χ3v) is 3.77. The van der Waals surface area contributed by atoms with Crippen molar-refractivity contribution in [2.75, 3.05) is 20.2 Å². The first-order valence-corrected chi connectivity index (χ1v) is 6.94. The van der Waals surface area contributed by atoms with Crippen molar-refractivity contribution in [3.63, 3.8) is 0 Å². The highest BCUT2D eigenvalue weighted by atomic mass is 16.6. The summed E-state index contributed by atoms with van der Waals surface area (Å²) in [4.78, 5) is 19.4. The predicted molar refractivity (Wildman–Crippen MR) is 74.8 cm³/mol. The van der Waals surface area contributed by atoms with Crippen LogP contribution in [-0.2, 0) is 9.63 Å². The van der Waals surface area contributed by atoms with E-state index in [4.69, 9.17) is 9.57 Å². The van der Waals surface area contributed by atoms with Crippen LogP contribution in [0.1, 0.15) is 24.8 Å². The maximum Gasteiger partial charge on any atom is 0.266 e. The maximum absolute atomic E-state index is 12.3. The SMILES string of the molecule is COc1cccc(C2=NOC(C(=O)N3CCCC3)C2)c1. The van der Waals surface area contributed by atoms with Crippen molar-refractivity contribution < 1.29 is 14.4 Å². The Morgan fingerprint density at radius 3 is 2.95 bits per heavy atom. The summed E-state index contributed by atoms with van der Waals surface area (Å²) in [6.45, 7) is 1.68. The lowest BCUT2D eigenvalue weighted by Crippen LogP contribution is -2.37. The van der Waals surface area contributed by atoms with Gasteiger partial charge in [0.2, 0.25) is 6.10 Å². The van der Waals surface area contributed by atoms with Gasteiger partial charge in [0.15, 0.2) is 0 Å². The Hall–Kier alpha value is -2.04.